The Morgan fingerprint density at radius 1 is 0.889 bits per heavy atom. The molecule has 10 heteroatoms. The van der Waals surface area contributed by atoms with E-state index in [1.54, 1.807) is 0 Å². The molecule has 0 radical (unpaired) electrons. The van der Waals surface area contributed by atoms with Crippen molar-refractivity contribution in [3.8, 4) is 11.5 Å². The molecule has 1 unspecified atom stereocenters. The van der Waals surface area contributed by atoms with Crippen LogP contribution in [0.2, 0.25) is 0 Å². The van der Waals surface area contributed by atoms with Crippen LogP contribution in [0.15, 0.2) is 30.3 Å². The second-order valence-electron chi connectivity index (χ2n) is 5.89. The van der Waals surface area contributed by atoms with Gasteiger partial charge in [0.25, 0.3) is 0 Å². The first-order chi connectivity index (χ1) is 12.6. The zero-order valence-electron chi connectivity index (χ0n) is 13.1. The summed E-state index contributed by atoms with van der Waals surface area (Å²) in [5, 5.41) is 0. The predicted octanol–water partition coefficient (Wildman–Crippen LogP) is 4.71. The third-order valence-electron chi connectivity index (χ3n) is 4.20. The standard InChI is InChI=1S/C17H8F6O4/c18-16(19,20)8-3-7(4-9(5-8)17(21,22)23)13-12-10(15(24)27-13)1-2-11-14(12)26-6-25-11/h1-5,13H,6H2. The van der Waals surface area contributed by atoms with Crippen molar-refractivity contribution >= 4 is 5.97 Å². The van der Waals surface area contributed by atoms with Gasteiger partial charge >= 0.3 is 18.3 Å². The molecule has 2 heterocycles. The van der Waals surface area contributed by atoms with Crippen molar-refractivity contribution in [2.45, 2.75) is 18.5 Å². The maximum absolute atomic E-state index is 13.1. The first kappa shape index (κ1) is 17.5. The molecule has 4 nitrogen and oxygen atoms in total. The Labute approximate surface area is 147 Å². The summed E-state index contributed by atoms with van der Waals surface area (Å²) in [6.07, 6.45) is -11.5. The van der Waals surface area contributed by atoms with Gasteiger partial charge in [-0.3, -0.25) is 0 Å². The van der Waals surface area contributed by atoms with Crippen LogP contribution in [0.4, 0.5) is 26.3 Å². The Bertz CT molecular complexity index is 915. The minimum Gasteiger partial charge on any atom is -0.454 e. The Hall–Kier alpha value is -2.91. The molecule has 0 aliphatic carbocycles. The fourth-order valence-electron chi connectivity index (χ4n) is 3.03. The van der Waals surface area contributed by atoms with E-state index in [9.17, 15) is 31.1 Å². The number of carbonyl (C=O) groups excluding carboxylic acids is 1. The third kappa shape index (κ3) is 2.84. The van der Waals surface area contributed by atoms with Crippen LogP contribution in [-0.2, 0) is 17.1 Å². The van der Waals surface area contributed by atoms with Crippen molar-refractivity contribution in [3.05, 3.63) is 58.1 Å². The highest BCUT2D eigenvalue weighted by molar-refractivity contribution is 5.96. The van der Waals surface area contributed by atoms with Gasteiger partial charge in [0.2, 0.25) is 6.79 Å². The minimum atomic E-state index is -5.01. The summed E-state index contributed by atoms with van der Waals surface area (Å²) in [6, 6.07) is 3.80. The van der Waals surface area contributed by atoms with Gasteiger partial charge in [-0.05, 0) is 35.9 Å². The fourth-order valence-corrected chi connectivity index (χ4v) is 3.03. The van der Waals surface area contributed by atoms with Crippen molar-refractivity contribution < 1.29 is 45.3 Å². The van der Waals surface area contributed by atoms with E-state index in [1.807, 2.05) is 0 Å². The summed E-state index contributed by atoms with van der Waals surface area (Å²) in [5.74, 6) is -0.589. The van der Waals surface area contributed by atoms with Crippen LogP contribution in [-0.4, -0.2) is 12.8 Å². The summed E-state index contributed by atoms with van der Waals surface area (Å²) in [7, 11) is 0. The van der Waals surface area contributed by atoms with E-state index in [2.05, 4.69) is 0 Å². The maximum Gasteiger partial charge on any atom is 0.416 e. The second-order valence-corrected chi connectivity index (χ2v) is 5.89. The van der Waals surface area contributed by atoms with Crippen LogP contribution in [0.5, 0.6) is 11.5 Å². The Kier molecular flexibility index (Phi) is 3.59. The van der Waals surface area contributed by atoms with E-state index >= 15 is 0 Å². The fraction of sp³-hybridized carbons (Fsp3) is 0.235. The number of cyclic esters (lactones) is 1. The van der Waals surface area contributed by atoms with E-state index in [0.29, 0.717) is 12.1 Å². The topological polar surface area (TPSA) is 44.8 Å². The number of ether oxygens (including phenoxy) is 3. The number of alkyl halides is 6. The SMILES string of the molecule is O=C1OC(c2cc(C(F)(F)F)cc(C(F)(F)F)c2)c2c1ccc1c2OCO1. The number of rotatable bonds is 1. The highest BCUT2D eigenvalue weighted by Gasteiger charge is 2.42. The molecule has 2 aromatic carbocycles. The largest absolute Gasteiger partial charge is 0.454 e. The average molecular weight is 390 g/mol. The highest BCUT2D eigenvalue weighted by atomic mass is 19.4. The van der Waals surface area contributed by atoms with E-state index in [1.165, 1.54) is 12.1 Å². The molecule has 0 amide bonds. The summed E-state index contributed by atoms with van der Waals surface area (Å²) >= 11 is 0. The Balaban J connectivity index is 1.91. The first-order valence-electron chi connectivity index (χ1n) is 7.48. The summed E-state index contributed by atoms with van der Waals surface area (Å²) in [5.41, 5.74) is -3.42. The normalized spacial score (nSPS) is 18.4. The van der Waals surface area contributed by atoms with Crippen molar-refractivity contribution in [1.82, 2.24) is 0 Å². The van der Waals surface area contributed by atoms with Gasteiger partial charge in [-0.25, -0.2) is 4.79 Å². The molecule has 0 spiro atoms. The van der Waals surface area contributed by atoms with Crippen molar-refractivity contribution in [1.29, 1.82) is 0 Å². The van der Waals surface area contributed by atoms with E-state index in [0.717, 1.165) is 0 Å². The Morgan fingerprint density at radius 3 is 2.11 bits per heavy atom. The lowest BCUT2D eigenvalue weighted by Gasteiger charge is -2.18. The van der Waals surface area contributed by atoms with Gasteiger partial charge in [0.1, 0.15) is 0 Å². The maximum atomic E-state index is 13.1. The molecule has 27 heavy (non-hydrogen) atoms. The molecule has 2 aliphatic rings. The highest BCUT2D eigenvalue weighted by Crippen LogP contribution is 2.49. The number of hydrogen-bond donors (Lipinski definition) is 0. The van der Waals surface area contributed by atoms with Crippen LogP contribution in [0.1, 0.15) is 38.7 Å². The predicted molar refractivity (Wildman–Crippen MR) is 76.3 cm³/mol. The quantitative estimate of drug-likeness (QED) is 0.523. The van der Waals surface area contributed by atoms with Crippen LogP contribution in [0, 0.1) is 0 Å². The van der Waals surface area contributed by atoms with Crippen LogP contribution in [0.3, 0.4) is 0 Å². The Morgan fingerprint density at radius 2 is 1.52 bits per heavy atom. The molecule has 0 bridgehead atoms. The van der Waals surface area contributed by atoms with Crippen LogP contribution in [0.25, 0.3) is 0 Å². The van der Waals surface area contributed by atoms with Gasteiger partial charge in [0, 0.05) is 0 Å². The molecule has 0 saturated carbocycles. The van der Waals surface area contributed by atoms with E-state index < -0.39 is 41.1 Å². The number of carbonyl (C=O) groups is 1. The van der Waals surface area contributed by atoms with Gasteiger partial charge in [0.15, 0.2) is 17.6 Å². The van der Waals surface area contributed by atoms with Crippen molar-refractivity contribution in [2.24, 2.45) is 0 Å². The smallest absolute Gasteiger partial charge is 0.416 e. The number of halogens is 6. The molecule has 2 aromatic rings. The van der Waals surface area contributed by atoms with Crippen molar-refractivity contribution in [2.75, 3.05) is 6.79 Å². The van der Waals surface area contributed by atoms with Gasteiger partial charge in [-0.1, -0.05) is 0 Å². The number of esters is 1. The van der Waals surface area contributed by atoms with E-state index in [-0.39, 0.29) is 35.5 Å². The molecular formula is C17H8F6O4. The minimum absolute atomic E-state index is 0.00443. The van der Waals surface area contributed by atoms with Crippen LogP contribution >= 0.6 is 0 Å². The lowest BCUT2D eigenvalue weighted by molar-refractivity contribution is -0.143. The molecular weight excluding hydrogens is 382 g/mol. The molecule has 142 valence electrons. The second kappa shape index (κ2) is 5.54. The molecule has 0 fully saturated rings. The third-order valence-corrected chi connectivity index (χ3v) is 4.20. The zero-order valence-corrected chi connectivity index (χ0v) is 13.1. The monoisotopic (exact) mass is 390 g/mol. The lowest BCUT2D eigenvalue weighted by Crippen LogP contribution is -2.13. The zero-order chi connectivity index (χ0) is 19.6. The van der Waals surface area contributed by atoms with Gasteiger partial charge in [-0.15, -0.1) is 0 Å². The van der Waals surface area contributed by atoms with Gasteiger partial charge in [-0.2, -0.15) is 26.3 Å². The molecule has 2 aliphatic heterocycles. The summed E-state index contributed by atoms with van der Waals surface area (Å²) in [4.78, 5) is 12.0. The van der Waals surface area contributed by atoms with Crippen LogP contribution < -0.4 is 9.47 Å². The van der Waals surface area contributed by atoms with Gasteiger partial charge in [0.05, 0.1) is 22.3 Å². The molecule has 0 aromatic heterocycles. The summed E-state index contributed by atoms with van der Waals surface area (Å²) < 4.78 is 94.0. The van der Waals surface area contributed by atoms with Gasteiger partial charge < -0.3 is 14.2 Å². The number of hydrogen-bond acceptors (Lipinski definition) is 4. The lowest BCUT2D eigenvalue weighted by atomic mass is 9.94. The number of benzene rings is 2. The van der Waals surface area contributed by atoms with E-state index in [4.69, 9.17) is 14.2 Å². The first-order valence-corrected chi connectivity index (χ1v) is 7.48. The molecule has 0 saturated heterocycles. The molecule has 0 N–H and O–H groups in total. The average Bonchev–Trinajstić information content (AvgIpc) is 3.17. The van der Waals surface area contributed by atoms with Crippen molar-refractivity contribution in [3.63, 3.8) is 0 Å². The summed E-state index contributed by atoms with van der Waals surface area (Å²) in [6.45, 7) is -0.191. The molecule has 1 atom stereocenters. The number of fused-ring (bicyclic) bond motifs is 3. The molecule has 4 rings (SSSR count).